The number of alkyl halides is 4. The van der Waals surface area contributed by atoms with Crippen LogP contribution in [0.4, 0.5) is 17.6 Å². The fourth-order valence-corrected chi connectivity index (χ4v) is 2.59. The van der Waals surface area contributed by atoms with Crippen molar-refractivity contribution in [1.82, 2.24) is 10.2 Å². The van der Waals surface area contributed by atoms with Crippen LogP contribution in [-0.4, -0.2) is 37.8 Å². The molecule has 1 atom stereocenters. The molecule has 1 aromatic rings. The summed E-state index contributed by atoms with van der Waals surface area (Å²) in [5.74, 6) is 0. The van der Waals surface area contributed by atoms with E-state index in [0.29, 0.717) is 26.2 Å². The molecule has 128 valence electrons. The minimum absolute atomic E-state index is 0. The van der Waals surface area contributed by atoms with Crippen molar-refractivity contribution in [3.63, 3.8) is 0 Å². The monoisotopic (exact) mass is 382 g/mol. The molecule has 2 rings (SSSR count). The Bertz CT molecular complexity index is 465. The van der Waals surface area contributed by atoms with Gasteiger partial charge in [0.15, 0.2) is 0 Å². The molecule has 2 nitrogen and oxygen atoms in total. The third kappa shape index (κ3) is 5.13. The van der Waals surface area contributed by atoms with Gasteiger partial charge in [-0.3, -0.25) is 4.90 Å². The van der Waals surface area contributed by atoms with Gasteiger partial charge in [0.05, 0.1) is 11.6 Å². The first-order valence-corrected chi connectivity index (χ1v) is 6.68. The summed E-state index contributed by atoms with van der Waals surface area (Å²) in [6.07, 6.45) is -4.45. The topological polar surface area (TPSA) is 15.3 Å². The first-order chi connectivity index (χ1) is 9.43. The standard InChI is InChI=1S/C13H15ClF4N2.2ClH/c14-11-2-1-9(13(16,17)18)7-10(11)12(8-15)20-5-3-19-4-6-20;;/h1-2,7,12,19H,3-6,8H2;2*1H/t12-;;/m1../s1. The van der Waals surface area contributed by atoms with Crippen LogP contribution >= 0.6 is 36.4 Å². The lowest BCUT2D eigenvalue weighted by molar-refractivity contribution is -0.137. The lowest BCUT2D eigenvalue weighted by Crippen LogP contribution is -2.45. The Labute approximate surface area is 144 Å². The van der Waals surface area contributed by atoms with E-state index in [1.807, 2.05) is 4.90 Å². The molecule has 0 bridgehead atoms. The first kappa shape index (κ1) is 21.7. The fourth-order valence-electron chi connectivity index (χ4n) is 2.35. The van der Waals surface area contributed by atoms with Crippen molar-refractivity contribution < 1.29 is 17.6 Å². The molecule has 1 aliphatic heterocycles. The van der Waals surface area contributed by atoms with Crippen LogP contribution in [0.5, 0.6) is 0 Å². The molecule has 1 aromatic carbocycles. The molecule has 0 amide bonds. The summed E-state index contributed by atoms with van der Waals surface area (Å²) in [6, 6.07) is 2.32. The maximum atomic E-state index is 13.3. The third-order valence-corrected chi connectivity index (χ3v) is 3.77. The number of nitrogens with one attached hydrogen (secondary N) is 1. The third-order valence-electron chi connectivity index (χ3n) is 3.42. The van der Waals surface area contributed by atoms with Crippen LogP contribution in [0.1, 0.15) is 17.2 Å². The molecule has 0 radical (unpaired) electrons. The number of piperazine rings is 1. The highest BCUT2D eigenvalue weighted by molar-refractivity contribution is 6.31. The van der Waals surface area contributed by atoms with Gasteiger partial charge < -0.3 is 5.32 Å². The van der Waals surface area contributed by atoms with Gasteiger partial charge in [-0.1, -0.05) is 11.6 Å². The first-order valence-electron chi connectivity index (χ1n) is 6.31. The van der Waals surface area contributed by atoms with Crippen molar-refractivity contribution in [1.29, 1.82) is 0 Å². The van der Waals surface area contributed by atoms with Crippen LogP contribution in [0, 0.1) is 0 Å². The van der Waals surface area contributed by atoms with Gasteiger partial charge in [-0.15, -0.1) is 24.8 Å². The number of hydrogen-bond acceptors (Lipinski definition) is 2. The largest absolute Gasteiger partial charge is 0.416 e. The summed E-state index contributed by atoms with van der Waals surface area (Å²) in [7, 11) is 0. The Hall–Kier alpha value is -0.270. The molecule has 1 saturated heterocycles. The molecule has 1 aliphatic rings. The maximum absolute atomic E-state index is 13.3. The number of benzene rings is 1. The SMILES string of the molecule is Cl.Cl.FC[C@H](c1cc(C(F)(F)F)ccc1Cl)N1CCNCC1. The van der Waals surface area contributed by atoms with Crippen molar-refractivity contribution >= 4 is 36.4 Å². The van der Waals surface area contributed by atoms with Crippen LogP contribution in [0.25, 0.3) is 0 Å². The van der Waals surface area contributed by atoms with Gasteiger partial charge in [0.25, 0.3) is 0 Å². The Kier molecular flexibility index (Phi) is 9.02. The number of rotatable bonds is 3. The van der Waals surface area contributed by atoms with E-state index in [1.54, 1.807) is 0 Å². The van der Waals surface area contributed by atoms with Gasteiger partial charge in [-0.2, -0.15) is 13.2 Å². The van der Waals surface area contributed by atoms with Crippen molar-refractivity contribution in [2.75, 3.05) is 32.9 Å². The average Bonchev–Trinajstić information content (AvgIpc) is 2.41. The Morgan fingerprint density at radius 3 is 2.27 bits per heavy atom. The number of halogens is 7. The molecule has 0 aromatic heterocycles. The zero-order chi connectivity index (χ0) is 14.8. The van der Waals surface area contributed by atoms with Crippen LogP contribution in [0.15, 0.2) is 18.2 Å². The van der Waals surface area contributed by atoms with E-state index in [4.69, 9.17) is 11.6 Å². The smallest absolute Gasteiger partial charge is 0.314 e. The zero-order valence-electron chi connectivity index (χ0n) is 11.5. The second-order valence-corrected chi connectivity index (χ2v) is 5.10. The van der Waals surface area contributed by atoms with E-state index in [2.05, 4.69) is 5.32 Å². The van der Waals surface area contributed by atoms with E-state index in [9.17, 15) is 17.6 Å². The molecule has 0 spiro atoms. The van der Waals surface area contributed by atoms with Crippen molar-refractivity contribution in [3.8, 4) is 0 Å². The maximum Gasteiger partial charge on any atom is 0.416 e. The van der Waals surface area contributed by atoms with Crippen LogP contribution in [0.2, 0.25) is 5.02 Å². The van der Waals surface area contributed by atoms with E-state index in [-0.39, 0.29) is 35.4 Å². The molecule has 0 saturated carbocycles. The van der Waals surface area contributed by atoms with E-state index in [0.717, 1.165) is 12.1 Å². The molecule has 1 fully saturated rings. The Morgan fingerprint density at radius 2 is 1.77 bits per heavy atom. The summed E-state index contributed by atoms with van der Waals surface area (Å²) in [5.41, 5.74) is -0.601. The van der Waals surface area contributed by atoms with Gasteiger partial charge in [-0.05, 0) is 23.8 Å². The van der Waals surface area contributed by atoms with E-state index >= 15 is 0 Å². The van der Waals surface area contributed by atoms with Gasteiger partial charge in [0, 0.05) is 31.2 Å². The number of nitrogens with zero attached hydrogens (tertiary/aromatic N) is 1. The molecule has 0 aliphatic carbocycles. The highest BCUT2D eigenvalue weighted by Gasteiger charge is 2.33. The van der Waals surface area contributed by atoms with E-state index < -0.39 is 24.5 Å². The molecular weight excluding hydrogens is 367 g/mol. The van der Waals surface area contributed by atoms with Crippen LogP contribution < -0.4 is 5.32 Å². The minimum atomic E-state index is -4.45. The molecule has 22 heavy (non-hydrogen) atoms. The molecule has 1 heterocycles. The van der Waals surface area contributed by atoms with Crippen LogP contribution in [0.3, 0.4) is 0 Å². The van der Waals surface area contributed by atoms with Gasteiger partial charge >= 0.3 is 6.18 Å². The van der Waals surface area contributed by atoms with Crippen molar-refractivity contribution in [2.24, 2.45) is 0 Å². The van der Waals surface area contributed by atoms with Crippen molar-refractivity contribution in [3.05, 3.63) is 34.3 Å². The molecule has 1 N–H and O–H groups in total. The lowest BCUT2D eigenvalue weighted by Gasteiger charge is -2.34. The minimum Gasteiger partial charge on any atom is -0.314 e. The quantitative estimate of drug-likeness (QED) is 0.790. The highest BCUT2D eigenvalue weighted by Crippen LogP contribution is 2.35. The van der Waals surface area contributed by atoms with Gasteiger partial charge in [-0.25, -0.2) is 4.39 Å². The van der Waals surface area contributed by atoms with E-state index in [1.165, 1.54) is 6.07 Å². The summed E-state index contributed by atoms with van der Waals surface area (Å²) >= 11 is 5.96. The fraction of sp³-hybridized carbons (Fsp3) is 0.538. The van der Waals surface area contributed by atoms with Gasteiger partial charge in [0.2, 0.25) is 0 Å². The second kappa shape index (κ2) is 9.13. The molecule has 9 heteroatoms. The second-order valence-electron chi connectivity index (χ2n) is 4.69. The average molecular weight is 384 g/mol. The summed E-state index contributed by atoms with van der Waals surface area (Å²) < 4.78 is 51.6. The molecular formula is C13H17Cl3F4N2. The lowest BCUT2D eigenvalue weighted by atomic mass is 10.0. The normalized spacial score (nSPS) is 17.3. The summed E-state index contributed by atoms with van der Waals surface area (Å²) in [6.45, 7) is 1.78. The predicted molar refractivity (Wildman–Crippen MR) is 84.1 cm³/mol. The van der Waals surface area contributed by atoms with Crippen LogP contribution in [-0.2, 0) is 6.18 Å². The summed E-state index contributed by atoms with van der Waals surface area (Å²) in [5, 5.41) is 3.28. The Balaban J connectivity index is 0.00000220. The summed E-state index contributed by atoms with van der Waals surface area (Å²) in [4.78, 5) is 1.82. The predicted octanol–water partition coefficient (Wildman–Crippen LogP) is 4.12. The molecule has 0 unspecified atom stereocenters. The van der Waals surface area contributed by atoms with Gasteiger partial charge in [0.1, 0.15) is 6.67 Å². The Morgan fingerprint density at radius 1 is 1.18 bits per heavy atom. The highest BCUT2D eigenvalue weighted by atomic mass is 35.5. The number of hydrogen-bond donors (Lipinski definition) is 1. The zero-order valence-corrected chi connectivity index (χ0v) is 13.9. The van der Waals surface area contributed by atoms with Crippen molar-refractivity contribution in [2.45, 2.75) is 12.2 Å².